The first kappa shape index (κ1) is 30.2. The molecule has 210 valence electrons. The summed E-state index contributed by atoms with van der Waals surface area (Å²) < 4.78 is 34.7. The minimum absolute atomic E-state index is 0.0682. The third-order valence-electron chi connectivity index (χ3n) is 7.47. The Kier molecular flexibility index (Phi) is 10.1. The second-order valence-corrected chi connectivity index (χ2v) is 10.7. The van der Waals surface area contributed by atoms with Gasteiger partial charge in [0.2, 0.25) is 0 Å². The Labute approximate surface area is 232 Å². The van der Waals surface area contributed by atoms with E-state index in [-0.39, 0.29) is 18.9 Å². The smallest absolute Gasteiger partial charge is 0.303 e. The Bertz CT molecular complexity index is 1200. The number of hydrogen-bond donors (Lipinski definition) is 1. The van der Waals surface area contributed by atoms with Crippen molar-refractivity contribution in [3.63, 3.8) is 0 Å². The quantitative estimate of drug-likeness (QED) is 0.251. The van der Waals surface area contributed by atoms with Gasteiger partial charge in [0.1, 0.15) is 24.2 Å². The highest BCUT2D eigenvalue weighted by molar-refractivity contribution is 5.68. The molecule has 0 aromatic heterocycles. The number of halogens is 1. The van der Waals surface area contributed by atoms with Crippen LogP contribution >= 0.6 is 0 Å². The highest BCUT2D eigenvalue weighted by Crippen LogP contribution is 2.48. The van der Waals surface area contributed by atoms with Crippen LogP contribution in [0.2, 0.25) is 0 Å². The average molecular weight is 537 g/mol. The Balaban J connectivity index is 1.92. The zero-order valence-corrected chi connectivity index (χ0v) is 23.7. The normalized spacial score (nSPS) is 20.6. The third-order valence-corrected chi connectivity index (χ3v) is 7.47. The van der Waals surface area contributed by atoms with Crippen molar-refractivity contribution >= 4 is 5.97 Å². The van der Waals surface area contributed by atoms with E-state index in [9.17, 15) is 9.90 Å². The van der Waals surface area contributed by atoms with E-state index in [1.54, 1.807) is 19.3 Å². The van der Waals surface area contributed by atoms with Gasteiger partial charge in [-0.3, -0.25) is 4.79 Å². The third kappa shape index (κ3) is 7.18. The maximum Gasteiger partial charge on any atom is 0.303 e. The second-order valence-electron chi connectivity index (χ2n) is 10.7. The molecule has 1 aliphatic rings. The summed E-state index contributed by atoms with van der Waals surface area (Å²) in [6.07, 6.45) is 8.00. The molecule has 2 aromatic carbocycles. The molecule has 0 bridgehead atoms. The molecule has 3 rings (SSSR count). The van der Waals surface area contributed by atoms with Crippen molar-refractivity contribution in [2.75, 3.05) is 20.8 Å². The summed E-state index contributed by atoms with van der Waals surface area (Å²) in [5.74, 6) is -0.257. The first-order valence-corrected chi connectivity index (χ1v) is 13.4. The van der Waals surface area contributed by atoms with Crippen molar-refractivity contribution in [3.05, 3.63) is 96.1 Å². The lowest BCUT2D eigenvalue weighted by Gasteiger charge is -2.44. The number of hydrogen-bond acceptors (Lipinski definition) is 4. The van der Waals surface area contributed by atoms with Gasteiger partial charge in [-0.2, -0.15) is 0 Å². The van der Waals surface area contributed by atoms with Crippen LogP contribution < -0.4 is 9.47 Å². The SMILES string of the molecule is C=CC(C)(C)[C@H](OC)C1(F)C=C(COc2cccc([C@H](CCC)CC(=O)O)c2)C=CC1c1cccc(OC)c1. The van der Waals surface area contributed by atoms with Gasteiger partial charge in [0.15, 0.2) is 5.67 Å². The van der Waals surface area contributed by atoms with Crippen LogP contribution in [0.3, 0.4) is 0 Å². The van der Waals surface area contributed by atoms with Crippen molar-refractivity contribution in [2.24, 2.45) is 5.41 Å². The summed E-state index contributed by atoms with van der Waals surface area (Å²) in [6.45, 7) is 9.95. The van der Waals surface area contributed by atoms with Gasteiger partial charge in [-0.15, -0.1) is 6.58 Å². The number of alkyl halides is 1. The van der Waals surface area contributed by atoms with Crippen molar-refractivity contribution in [1.82, 2.24) is 0 Å². The standard InChI is InChI=1S/C33H41FO5/c1-7-11-24(20-30(35)36)25-12-9-15-28(18-25)39-22-23-16-17-29(26-13-10-14-27(19-26)37-5)33(34,21-23)31(38-6)32(3,4)8-2/h8-10,12-19,21,24,29,31H,2,7,11,20,22H2,1,3-6H3,(H,35,36)/t24-,29?,31+,33?/m1/s1. The number of carboxylic acids is 1. The minimum atomic E-state index is -1.90. The Hall–Kier alpha value is -3.38. The average Bonchev–Trinajstić information content (AvgIpc) is 2.91. The van der Waals surface area contributed by atoms with Crippen LogP contribution in [-0.2, 0) is 9.53 Å². The lowest BCUT2D eigenvalue weighted by atomic mass is 9.68. The van der Waals surface area contributed by atoms with Crippen molar-refractivity contribution in [3.8, 4) is 11.5 Å². The molecular weight excluding hydrogens is 495 g/mol. The van der Waals surface area contributed by atoms with Crippen LogP contribution in [0.5, 0.6) is 11.5 Å². The predicted molar refractivity (Wildman–Crippen MR) is 153 cm³/mol. The van der Waals surface area contributed by atoms with Gasteiger partial charge < -0.3 is 19.3 Å². The molecule has 0 saturated heterocycles. The van der Waals surface area contributed by atoms with E-state index in [0.29, 0.717) is 17.1 Å². The van der Waals surface area contributed by atoms with E-state index in [0.717, 1.165) is 24.0 Å². The zero-order valence-electron chi connectivity index (χ0n) is 23.7. The van der Waals surface area contributed by atoms with E-state index in [2.05, 4.69) is 6.58 Å². The van der Waals surface area contributed by atoms with E-state index < -0.39 is 29.1 Å². The van der Waals surface area contributed by atoms with Crippen LogP contribution in [0.1, 0.15) is 63.0 Å². The van der Waals surface area contributed by atoms with E-state index in [4.69, 9.17) is 14.2 Å². The topological polar surface area (TPSA) is 65.0 Å². The van der Waals surface area contributed by atoms with Crippen LogP contribution in [0.4, 0.5) is 4.39 Å². The monoisotopic (exact) mass is 536 g/mol. The maximum atomic E-state index is 17.4. The Morgan fingerprint density at radius 1 is 1.18 bits per heavy atom. The van der Waals surface area contributed by atoms with E-state index in [1.807, 2.05) is 81.5 Å². The van der Waals surface area contributed by atoms with Gasteiger partial charge >= 0.3 is 5.97 Å². The van der Waals surface area contributed by atoms with Crippen LogP contribution in [0.15, 0.2) is 85.0 Å². The van der Waals surface area contributed by atoms with Gasteiger partial charge in [-0.05, 0) is 59.4 Å². The molecule has 1 aliphatic carbocycles. The number of aliphatic carboxylic acids is 1. The zero-order chi connectivity index (χ0) is 28.6. The molecule has 0 heterocycles. The maximum absolute atomic E-state index is 17.4. The van der Waals surface area contributed by atoms with E-state index >= 15 is 4.39 Å². The molecule has 0 fully saturated rings. The summed E-state index contributed by atoms with van der Waals surface area (Å²) in [5, 5.41) is 9.33. The molecule has 0 spiro atoms. The van der Waals surface area contributed by atoms with Crippen LogP contribution in [-0.4, -0.2) is 43.7 Å². The van der Waals surface area contributed by atoms with Gasteiger partial charge in [0.25, 0.3) is 0 Å². The molecule has 2 aromatic rings. The lowest BCUT2D eigenvalue weighted by molar-refractivity contribution is -0.137. The number of methoxy groups -OCH3 is 2. The number of ether oxygens (including phenoxy) is 3. The largest absolute Gasteiger partial charge is 0.497 e. The van der Waals surface area contributed by atoms with E-state index in [1.165, 1.54) is 7.11 Å². The molecule has 0 aliphatic heterocycles. The minimum Gasteiger partial charge on any atom is -0.497 e. The second kappa shape index (κ2) is 13.1. The molecule has 6 heteroatoms. The first-order chi connectivity index (χ1) is 18.6. The number of carboxylic acid groups (broad SMARTS) is 1. The summed E-state index contributed by atoms with van der Waals surface area (Å²) in [7, 11) is 3.12. The lowest BCUT2D eigenvalue weighted by Crippen LogP contribution is -2.51. The molecule has 39 heavy (non-hydrogen) atoms. The summed E-state index contributed by atoms with van der Waals surface area (Å²) >= 11 is 0. The van der Waals surface area contributed by atoms with Gasteiger partial charge in [0, 0.05) is 18.4 Å². The van der Waals surface area contributed by atoms with Crippen molar-refractivity contribution in [1.29, 1.82) is 0 Å². The first-order valence-electron chi connectivity index (χ1n) is 13.4. The number of carbonyl (C=O) groups is 1. The van der Waals surface area contributed by atoms with Gasteiger partial charge in [-0.1, -0.05) is 69.7 Å². The Morgan fingerprint density at radius 3 is 2.54 bits per heavy atom. The fourth-order valence-corrected chi connectivity index (χ4v) is 5.45. The highest BCUT2D eigenvalue weighted by Gasteiger charge is 2.51. The molecule has 0 amide bonds. The predicted octanol–water partition coefficient (Wildman–Crippen LogP) is 7.65. The van der Waals surface area contributed by atoms with Crippen LogP contribution in [0.25, 0.3) is 0 Å². The number of rotatable bonds is 14. The summed E-state index contributed by atoms with van der Waals surface area (Å²) in [4.78, 5) is 11.4. The van der Waals surface area contributed by atoms with Gasteiger partial charge in [0.05, 0.1) is 13.5 Å². The highest BCUT2D eigenvalue weighted by atomic mass is 19.1. The Morgan fingerprint density at radius 2 is 1.90 bits per heavy atom. The van der Waals surface area contributed by atoms with Crippen LogP contribution in [0, 0.1) is 5.41 Å². The molecule has 0 radical (unpaired) electrons. The number of benzene rings is 2. The molecule has 4 atom stereocenters. The van der Waals surface area contributed by atoms with Crippen molar-refractivity contribution in [2.45, 2.75) is 63.6 Å². The molecule has 1 N–H and O–H groups in total. The fraction of sp³-hybridized carbons (Fsp3) is 0.424. The summed E-state index contributed by atoms with van der Waals surface area (Å²) in [6, 6.07) is 15.0. The van der Waals surface area contributed by atoms with Crippen molar-refractivity contribution < 1.29 is 28.5 Å². The molecular formula is C33H41FO5. The van der Waals surface area contributed by atoms with Gasteiger partial charge in [-0.25, -0.2) is 4.39 Å². The fourth-order valence-electron chi connectivity index (χ4n) is 5.45. The summed E-state index contributed by atoms with van der Waals surface area (Å²) in [5.41, 5.74) is -0.183. The molecule has 5 nitrogen and oxygen atoms in total. The molecule has 0 saturated carbocycles. The molecule has 2 unspecified atom stereocenters. The number of allylic oxidation sites excluding steroid dienone is 1.